The van der Waals surface area contributed by atoms with E-state index in [2.05, 4.69) is 45.1 Å². The molecule has 6 heteroatoms. The molecule has 0 saturated heterocycles. The Hall–Kier alpha value is -2.11. The van der Waals surface area contributed by atoms with Gasteiger partial charge in [-0.1, -0.05) is 347 Å². The van der Waals surface area contributed by atoms with Gasteiger partial charge >= 0.3 is 17.9 Å². The Bertz CT molecular complexity index is 1290. The van der Waals surface area contributed by atoms with Crippen molar-refractivity contribution in [2.24, 2.45) is 0 Å². The molecule has 0 rings (SSSR count). The number of hydrogen-bond donors (Lipinski definition) is 0. The van der Waals surface area contributed by atoms with Gasteiger partial charge in [-0.25, -0.2) is 0 Å². The number of hydrogen-bond acceptors (Lipinski definition) is 6. The quantitative estimate of drug-likeness (QED) is 0.0261. The summed E-state index contributed by atoms with van der Waals surface area (Å²) in [5.41, 5.74) is 0. The van der Waals surface area contributed by atoms with Crippen LogP contribution >= 0.6 is 0 Å². The fraction of sp³-hybridized carbons (Fsp3) is 0.905. The van der Waals surface area contributed by atoms with E-state index in [0.717, 1.165) is 57.8 Å². The van der Waals surface area contributed by atoms with Crippen molar-refractivity contribution < 1.29 is 28.6 Å². The largest absolute Gasteiger partial charge is 0.462 e. The zero-order valence-corrected chi connectivity index (χ0v) is 54.4. The Morgan fingerprint density at radius 2 is 0.412 bits per heavy atom. The molecule has 0 spiro atoms. The average molecular weight is 1130 g/mol. The van der Waals surface area contributed by atoms with Crippen molar-refractivity contribution in [3.63, 3.8) is 0 Å². The molecule has 6 nitrogen and oxygen atoms in total. The Kier molecular flexibility index (Phi) is 67.6. The van der Waals surface area contributed by atoms with E-state index in [0.29, 0.717) is 19.3 Å². The van der Waals surface area contributed by atoms with Crippen LogP contribution in [0, 0.1) is 0 Å². The maximum absolute atomic E-state index is 12.9. The summed E-state index contributed by atoms with van der Waals surface area (Å²) < 4.78 is 16.9. The molecular formula is C74H140O6. The topological polar surface area (TPSA) is 78.9 Å². The van der Waals surface area contributed by atoms with Crippen molar-refractivity contribution in [1.29, 1.82) is 0 Å². The highest BCUT2D eigenvalue weighted by molar-refractivity contribution is 5.71. The summed E-state index contributed by atoms with van der Waals surface area (Å²) in [6.45, 7) is 6.66. The van der Waals surface area contributed by atoms with Gasteiger partial charge < -0.3 is 14.2 Å². The molecule has 0 aliphatic rings. The van der Waals surface area contributed by atoms with Crippen LogP contribution in [0.3, 0.4) is 0 Å². The van der Waals surface area contributed by atoms with Gasteiger partial charge in [0.25, 0.3) is 0 Å². The maximum atomic E-state index is 12.9. The Morgan fingerprint density at radius 1 is 0.237 bits per heavy atom. The summed E-state index contributed by atoms with van der Waals surface area (Å²) in [5.74, 6) is -0.846. The van der Waals surface area contributed by atoms with Crippen molar-refractivity contribution in [3.8, 4) is 0 Å². The lowest BCUT2D eigenvalue weighted by Crippen LogP contribution is -2.30. The summed E-state index contributed by atoms with van der Waals surface area (Å²) >= 11 is 0. The lowest BCUT2D eigenvalue weighted by atomic mass is 10.0. The molecule has 0 radical (unpaired) electrons. The summed E-state index contributed by atoms with van der Waals surface area (Å²) in [6.07, 6.45) is 85.5. The molecule has 1 unspecified atom stereocenters. The van der Waals surface area contributed by atoms with E-state index in [4.69, 9.17) is 14.2 Å². The highest BCUT2D eigenvalue weighted by Gasteiger charge is 2.19. The number of rotatable bonds is 68. The van der Waals surface area contributed by atoms with Crippen molar-refractivity contribution >= 4 is 17.9 Å². The van der Waals surface area contributed by atoms with E-state index >= 15 is 0 Å². The van der Waals surface area contributed by atoms with Crippen LogP contribution in [0.1, 0.15) is 412 Å². The first-order valence-corrected chi connectivity index (χ1v) is 36.3. The van der Waals surface area contributed by atoms with Crippen molar-refractivity contribution in [1.82, 2.24) is 0 Å². The molecule has 1 atom stereocenters. The molecule has 0 aliphatic heterocycles. The van der Waals surface area contributed by atoms with Crippen LogP contribution in [0.5, 0.6) is 0 Å². The van der Waals surface area contributed by atoms with E-state index in [-0.39, 0.29) is 31.1 Å². The standard InChI is InChI=1S/C74H140O6/c1-4-7-10-13-16-18-20-22-24-26-28-30-32-34-36-37-39-40-42-44-46-48-50-52-54-56-58-61-64-67-73(76)79-70-71(69-78-72(75)66-63-60-15-12-9-6-3)80-74(77)68-65-62-59-57-55-53-51-49-47-45-43-41-38-35-33-31-29-27-25-23-21-19-17-14-11-8-5-2/h26-29,71H,4-25,30-70H2,1-3H3/b28-26-,29-27-. The lowest BCUT2D eigenvalue weighted by molar-refractivity contribution is -0.167. The van der Waals surface area contributed by atoms with Crippen molar-refractivity contribution in [2.45, 2.75) is 419 Å². The lowest BCUT2D eigenvalue weighted by Gasteiger charge is -2.18. The Balaban J connectivity index is 3.95. The summed E-state index contributed by atoms with van der Waals surface area (Å²) in [6, 6.07) is 0. The predicted molar refractivity (Wildman–Crippen MR) is 349 cm³/mol. The van der Waals surface area contributed by atoms with Gasteiger partial charge in [-0.2, -0.15) is 0 Å². The number of carbonyl (C=O) groups excluding carboxylic acids is 3. The van der Waals surface area contributed by atoms with Crippen LogP contribution in [0.2, 0.25) is 0 Å². The second kappa shape index (κ2) is 69.4. The number of allylic oxidation sites excluding steroid dienone is 4. The van der Waals surface area contributed by atoms with Gasteiger partial charge in [-0.3, -0.25) is 14.4 Å². The molecule has 0 aromatic rings. The normalized spacial score (nSPS) is 12.1. The first-order valence-electron chi connectivity index (χ1n) is 36.3. The molecule has 0 amide bonds. The van der Waals surface area contributed by atoms with Gasteiger partial charge in [0.2, 0.25) is 0 Å². The zero-order valence-electron chi connectivity index (χ0n) is 54.4. The molecule has 80 heavy (non-hydrogen) atoms. The van der Waals surface area contributed by atoms with Crippen LogP contribution < -0.4 is 0 Å². The van der Waals surface area contributed by atoms with Crippen molar-refractivity contribution in [2.75, 3.05) is 13.2 Å². The minimum Gasteiger partial charge on any atom is -0.462 e. The minimum atomic E-state index is -0.765. The van der Waals surface area contributed by atoms with E-state index in [1.165, 1.54) is 315 Å². The van der Waals surface area contributed by atoms with E-state index < -0.39 is 6.10 Å². The molecule has 0 aliphatic carbocycles. The fourth-order valence-corrected chi connectivity index (χ4v) is 11.2. The smallest absolute Gasteiger partial charge is 0.306 e. The van der Waals surface area contributed by atoms with Gasteiger partial charge in [-0.15, -0.1) is 0 Å². The third-order valence-corrected chi connectivity index (χ3v) is 16.7. The molecule has 0 fully saturated rings. The monoisotopic (exact) mass is 1130 g/mol. The fourth-order valence-electron chi connectivity index (χ4n) is 11.2. The molecular weight excluding hydrogens is 985 g/mol. The molecule has 0 heterocycles. The first kappa shape index (κ1) is 77.9. The third kappa shape index (κ3) is 66.7. The van der Waals surface area contributed by atoms with Gasteiger partial charge in [0.1, 0.15) is 13.2 Å². The van der Waals surface area contributed by atoms with Crippen LogP contribution in [0.25, 0.3) is 0 Å². The zero-order chi connectivity index (χ0) is 57.8. The molecule has 0 saturated carbocycles. The molecule has 472 valence electrons. The van der Waals surface area contributed by atoms with Gasteiger partial charge in [0, 0.05) is 19.3 Å². The van der Waals surface area contributed by atoms with Crippen LogP contribution in [-0.4, -0.2) is 37.2 Å². The molecule has 0 N–H and O–H groups in total. The third-order valence-electron chi connectivity index (χ3n) is 16.7. The van der Waals surface area contributed by atoms with Crippen LogP contribution in [0.4, 0.5) is 0 Å². The van der Waals surface area contributed by atoms with E-state index in [1.807, 2.05) is 0 Å². The Labute approximate surface area is 500 Å². The van der Waals surface area contributed by atoms with Crippen LogP contribution in [-0.2, 0) is 28.6 Å². The second-order valence-corrected chi connectivity index (χ2v) is 24.9. The van der Waals surface area contributed by atoms with E-state index in [1.54, 1.807) is 0 Å². The number of unbranched alkanes of at least 4 members (excludes halogenated alkanes) is 53. The van der Waals surface area contributed by atoms with Crippen LogP contribution in [0.15, 0.2) is 24.3 Å². The predicted octanol–water partition coefficient (Wildman–Crippen LogP) is 25.0. The van der Waals surface area contributed by atoms with E-state index in [9.17, 15) is 14.4 Å². The highest BCUT2D eigenvalue weighted by Crippen LogP contribution is 2.19. The molecule has 0 aromatic heterocycles. The number of ether oxygens (including phenoxy) is 3. The van der Waals surface area contributed by atoms with Crippen molar-refractivity contribution in [3.05, 3.63) is 24.3 Å². The van der Waals surface area contributed by atoms with Gasteiger partial charge in [0.15, 0.2) is 6.10 Å². The SMILES string of the molecule is CCCCCCCCCC/C=C\CCCCCCCCCCCCCCCCCCCC(=O)OCC(COC(=O)CCCCCCCC)OC(=O)CCCCCCCCCCCCCCCCC/C=C\CCCCCCCCCC. The highest BCUT2D eigenvalue weighted by atomic mass is 16.6. The summed E-state index contributed by atoms with van der Waals surface area (Å²) in [4.78, 5) is 38.1. The summed E-state index contributed by atoms with van der Waals surface area (Å²) in [7, 11) is 0. The average Bonchev–Trinajstić information content (AvgIpc) is 3.46. The van der Waals surface area contributed by atoms with Gasteiger partial charge in [0.05, 0.1) is 0 Å². The number of carbonyl (C=O) groups is 3. The summed E-state index contributed by atoms with van der Waals surface area (Å²) in [5, 5.41) is 0. The first-order chi connectivity index (χ1) is 39.5. The second-order valence-electron chi connectivity index (χ2n) is 24.9. The molecule has 0 bridgehead atoms. The number of esters is 3. The minimum absolute atomic E-state index is 0.0653. The maximum Gasteiger partial charge on any atom is 0.306 e. The molecule has 0 aromatic carbocycles. The van der Waals surface area contributed by atoms with Gasteiger partial charge in [-0.05, 0) is 70.6 Å². The Morgan fingerprint density at radius 3 is 0.625 bits per heavy atom.